The van der Waals surface area contributed by atoms with Crippen molar-refractivity contribution in [1.29, 1.82) is 0 Å². The van der Waals surface area contributed by atoms with Crippen LogP contribution >= 0.6 is 0 Å². The van der Waals surface area contributed by atoms with Crippen LogP contribution in [0.5, 0.6) is 5.75 Å². The molecule has 1 aromatic carbocycles. The standard InChI is InChI=1S/C9H8O2/c10-7-3-5-8-4-1-2-6-9(8)11/h1-7,11H/b5-3+. The zero-order chi connectivity index (χ0) is 8.10. The molecule has 56 valence electrons. The Hall–Kier alpha value is -1.57. The number of aldehydes is 1. The zero-order valence-electron chi connectivity index (χ0n) is 5.90. The third-order valence-corrected chi connectivity index (χ3v) is 1.29. The fourth-order valence-electron chi connectivity index (χ4n) is 0.771. The summed E-state index contributed by atoms with van der Waals surface area (Å²) in [6.07, 6.45) is 3.57. The van der Waals surface area contributed by atoms with Gasteiger partial charge in [-0.2, -0.15) is 0 Å². The van der Waals surface area contributed by atoms with E-state index >= 15 is 0 Å². The second-order valence-electron chi connectivity index (χ2n) is 2.05. The summed E-state index contributed by atoms with van der Waals surface area (Å²) in [6, 6.07) is 6.83. The molecule has 1 aromatic rings. The van der Waals surface area contributed by atoms with E-state index in [0.717, 1.165) is 0 Å². The van der Waals surface area contributed by atoms with Crippen LogP contribution in [0.4, 0.5) is 0 Å². The lowest BCUT2D eigenvalue weighted by Crippen LogP contribution is -1.72. The number of rotatable bonds is 2. The molecule has 1 N–H and O–H groups in total. The van der Waals surface area contributed by atoms with Gasteiger partial charge in [0, 0.05) is 5.56 Å². The van der Waals surface area contributed by atoms with Crippen molar-refractivity contribution >= 4 is 12.4 Å². The smallest absolute Gasteiger partial charge is 0.142 e. The minimum Gasteiger partial charge on any atom is -0.507 e. The summed E-state index contributed by atoms with van der Waals surface area (Å²) in [5.74, 6) is 0.186. The highest BCUT2D eigenvalue weighted by molar-refractivity contribution is 5.75. The van der Waals surface area contributed by atoms with Gasteiger partial charge < -0.3 is 5.11 Å². The van der Waals surface area contributed by atoms with Crippen LogP contribution in [0.25, 0.3) is 6.08 Å². The first-order valence-corrected chi connectivity index (χ1v) is 3.24. The molecule has 0 saturated heterocycles. The van der Waals surface area contributed by atoms with Crippen LogP contribution in [0.15, 0.2) is 30.3 Å². The van der Waals surface area contributed by atoms with Crippen molar-refractivity contribution in [2.45, 2.75) is 0 Å². The van der Waals surface area contributed by atoms with E-state index in [1.165, 1.54) is 6.08 Å². The second-order valence-corrected chi connectivity index (χ2v) is 2.05. The zero-order valence-corrected chi connectivity index (χ0v) is 5.90. The lowest BCUT2D eigenvalue weighted by atomic mass is 10.2. The van der Waals surface area contributed by atoms with Crippen molar-refractivity contribution in [3.8, 4) is 5.75 Å². The summed E-state index contributed by atoms with van der Waals surface area (Å²) in [5, 5.41) is 9.17. The van der Waals surface area contributed by atoms with Gasteiger partial charge in [0.05, 0.1) is 0 Å². The molecule has 0 aliphatic heterocycles. The second kappa shape index (κ2) is 3.56. The fourth-order valence-corrected chi connectivity index (χ4v) is 0.771. The molecule has 2 heteroatoms. The van der Waals surface area contributed by atoms with Gasteiger partial charge in [-0.05, 0) is 18.2 Å². The molecule has 0 aliphatic rings. The van der Waals surface area contributed by atoms with Gasteiger partial charge in [0.1, 0.15) is 12.0 Å². The normalized spacial score (nSPS) is 10.2. The average Bonchev–Trinajstić information content (AvgIpc) is 2.03. The molecule has 2 nitrogen and oxygen atoms in total. The Balaban J connectivity index is 2.94. The maximum Gasteiger partial charge on any atom is 0.142 e. The number of phenols is 1. The Labute approximate surface area is 64.8 Å². The van der Waals surface area contributed by atoms with Crippen molar-refractivity contribution in [1.82, 2.24) is 0 Å². The fraction of sp³-hybridized carbons (Fsp3) is 0. The first-order valence-electron chi connectivity index (χ1n) is 3.24. The first kappa shape index (κ1) is 7.54. The van der Waals surface area contributed by atoms with Crippen molar-refractivity contribution in [2.75, 3.05) is 0 Å². The van der Waals surface area contributed by atoms with Gasteiger partial charge >= 0.3 is 0 Å². The summed E-state index contributed by atoms with van der Waals surface area (Å²) in [7, 11) is 0. The molecule has 0 aromatic heterocycles. The molecule has 0 bridgehead atoms. The minimum atomic E-state index is 0.186. The highest BCUT2D eigenvalue weighted by Gasteiger charge is 1.91. The number of para-hydroxylation sites is 1. The lowest BCUT2D eigenvalue weighted by Gasteiger charge is -1.94. The van der Waals surface area contributed by atoms with Crippen LogP contribution in [0.2, 0.25) is 0 Å². The van der Waals surface area contributed by atoms with Gasteiger partial charge in [-0.1, -0.05) is 18.2 Å². The van der Waals surface area contributed by atoms with Gasteiger partial charge in [-0.15, -0.1) is 0 Å². The van der Waals surface area contributed by atoms with Gasteiger partial charge in [-0.3, -0.25) is 4.79 Å². The Kier molecular flexibility index (Phi) is 2.44. The highest BCUT2D eigenvalue weighted by atomic mass is 16.3. The van der Waals surface area contributed by atoms with E-state index in [4.69, 9.17) is 5.11 Å². The molecule has 0 aliphatic carbocycles. The first-order chi connectivity index (χ1) is 5.34. The van der Waals surface area contributed by atoms with Gasteiger partial charge in [0.15, 0.2) is 0 Å². The van der Waals surface area contributed by atoms with Crippen molar-refractivity contribution in [3.63, 3.8) is 0 Å². The number of hydrogen-bond acceptors (Lipinski definition) is 2. The van der Waals surface area contributed by atoms with Crippen molar-refractivity contribution in [3.05, 3.63) is 35.9 Å². The largest absolute Gasteiger partial charge is 0.507 e. The molecule has 0 fully saturated rings. The van der Waals surface area contributed by atoms with Gasteiger partial charge in [0.25, 0.3) is 0 Å². The lowest BCUT2D eigenvalue weighted by molar-refractivity contribution is -0.104. The summed E-state index contributed by atoms with van der Waals surface area (Å²) in [5.41, 5.74) is 0.652. The molecule has 0 saturated carbocycles. The van der Waals surface area contributed by atoms with E-state index in [2.05, 4.69) is 0 Å². The number of carbonyl (C=O) groups excluding carboxylic acids is 1. The van der Waals surface area contributed by atoms with Crippen LogP contribution < -0.4 is 0 Å². The van der Waals surface area contributed by atoms with Crippen LogP contribution in [-0.2, 0) is 4.79 Å². The van der Waals surface area contributed by atoms with Gasteiger partial charge in [-0.25, -0.2) is 0 Å². The Morgan fingerprint density at radius 3 is 2.64 bits per heavy atom. The van der Waals surface area contributed by atoms with Gasteiger partial charge in [0.2, 0.25) is 0 Å². The molecule has 0 amide bonds. The number of phenolic OH excluding ortho intramolecular Hbond substituents is 1. The van der Waals surface area contributed by atoms with Crippen molar-refractivity contribution in [2.24, 2.45) is 0 Å². The molecular weight excluding hydrogens is 140 g/mol. The quantitative estimate of drug-likeness (QED) is 0.511. The SMILES string of the molecule is O=C/C=C/c1ccccc1O. The van der Waals surface area contributed by atoms with E-state index in [1.807, 2.05) is 0 Å². The van der Waals surface area contributed by atoms with E-state index < -0.39 is 0 Å². The van der Waals surface area contributed by atoms with E-state index in [9.17, 15) is 4.79 Å². The molecule has 0 atom stereocenters. The third-order valence-electron chi connectivity index (χ3n) is 1.29. The number of benzene rings is 1. The number of aromatic hydroxyl groups is 1. The molecular formula is C9H8O2. The number of allylic oxidation sites excluding steroid dienone is 1. The number of carbonyl (C=O) groups is 1. The Morgan fingerprint density at radius 1 is 1.27 bits per heavy atom. The summed E-state index contributed by atoms with van der Waals surface area (Å²) >= 11 is 0. The predicted molar refractivity (Wildman–Crippen MR) is 43.2 cm³/mol. The van der Waals surface area contributed by atoms with E-state index in [0.29, 0.717) is 11.8 Å². The molecule has 11 heavy (non-hydrogen) atoms. The average molecular weight is 148 g/mol. The molecule has 1 rings (SSSR count). The van der Waals surface area contributed by atoms with Crippen LogP contribution in [0, 0.1) is 0 Å². The molecule has 0 spiro atoms. The summed E-state index contributed by atoms with van der Waals surface area (Å²) < 4.78 is 0. The molecule has 0 radical (unpaired) electrons. The predicted octanol–water partition coefficient (Wildman–Crippen LogP) is 1.60. The summed E-state index contributed by atoms with van der Waals surface area (Å²) in [4.78, 5) is 9.92. The van der Waals surface area contributed by atoms with E-state index in [1.54, 1.807) is 30.3 Å². The number of hydrogen-bond donors (Lipinski definition) is 1. The van der Waals surface area contributed by atoms with Crippen LogP contribution in [0.3, 0.4) is 0 Å². The molecule has 0 heterocycles. The molecule has 0 unspecified atom stereocenters. The Morgan fingerprint density at radius 2 is 2.00 bits per heavy atom. The monoisotopic (exact) mass is 148 g/mol. The maximum absolute atomic E-state index is 9.92. The third kappa shape index (κ3) is 1.93. The van der Waals surface area contributed by atoms with Crippen LogP contribution in [-0.4, -0.2) is 11.4 Å². The van der Waals surface area contributed by atoms with Crippen molar-refractivity contribution < 1.29 is 9.90 Å². The minimum absolute atomic E-state index is 0.186. The Bertz CT molecular complexity index is 277. The maximum atomic E-state index is 9.92. The van der Waals surface area contributed by atoms with E-state index in [-0.39, 0.29) is 5.75 Å². The van der Waals surface area contributed by atoms with Crippen LogP contribution in [0.1, 0.15) is 5.56 Å². The topological polar surface area (TPSA) is 37.3 Å². The highest BCUT2D eigenvalue weighted by Crippen LogP contribution is 2.16. The summed E-state index contributed by atoms with van der Waals surface area (Å²) in [6.45, 7) is 0.